The van der Waals surface area contributed by atoms with Crippen LogP contribution in [-0.2, 0) is 6.54 Å². The molecule has 5 nitrogen and oxygen atoms in total. The maximum absolute atomic E-state index is 10.9. The van der Waals surface area contributed by atoms with Crippen LogP contribution in [0.1, 0.15) is 5.56 Å². The van der Waals surface area contributed by atoms with Gasteiger partial charge in [-0.15, -0.1) is 0 Å². The Morgan fingerprint density at radius 2 is 2.17 bits per heavy atom. The van der Waals surface area contributed by atoms with E-state index in [1.807, 2.05) is 35.3 Å². The molecule has 3 rings (SSSR count). The smallest absolute Gasteiger partial charge is 0.278 e. The SMILES string of the molecule is O=[N+]([O-])c1cccc2c1ccn2Cc1cc[nH]c1. The minimum absolute atomic E-state index is 0.153. The molecule has 18 heavy (non-hydrogen) atoms. The molecule has 1 N–H and O–H groups in total. The van der Waals surface area contributed by atoms with E-state index in [4.69, 9.17) is 0 Å². The molecular formula is C13H11N3O2. The van der Waals surface area contributed by atoms with Gasteiger partial charge in [0.2, 0.25) is 0 Å². The largest absolute Gasteiger partial charge is 0.367 e. The van der Waals surface area contributed by atoms with Gasteiger partial charge in [0.1, 0.15) is 0 Å². The van der Waals surface area contributed by atoms with E-state index in [0.29, 0.717) is 11.9 Å². The Labute approximate surface area is 103 Å². The zero-order valence-corrected chi connectivity index (χ0v) is 9.54. The van der Waals surface area contributed by atoms with Gasteiger partial charge in [-0.25, -0.2) is 0 Å². The lowest BCUT2D eigenvalue weighted by Crippen LogP contribution is -1.96. The Balaban J connectivity index is 2.09. The Morgan fingerprint density at radius 1 is 1.28 bits per heavy atom. The summed E-state index contributed by atoms with van der Waals surface area (Å²) in [6.45, 7) is 0.703. The number of aromatic nitrogens is 2. The standard InChI is InChI=1S/C13H11N3O2/c17-16(18)13-3-1-2-12-11(13)5-7-15(12)9-10-4-6-14-8-10/h1-8,14H,9H2. The number of nitro benzene ring substituents is 1. The zero-order valence-electron chi connectivity index (χ0n) is 9.54. The van der Waals surface area contributed by atoms with Crippen LogP contribution in [0.2, 0.25) is 0 Å². The first-order valence-corrected chi connectivity index (χ1v) is 5.59. The lowest BCUT2D eigenvalue weighted by molar-refractivity contribution is -0.383. The fourth-order valence-corrected chi connectivity index (χ4v) is 2.16. The van der Waals surface area contributed by atoms with Crippen molar-refractivity contribution in [1.29, 1.82) is 0 Å². The number of aromatic amines is 1. The molecule has 3 aromatic rings. The minimum Gasteiger partial charge on any atom is -0.367 e. The predicted molar refractivity (Wildman–Crippen MR) is 68.5 cm³/mol. The van der Waals surface area contributed by atoms with Crippen molar-refractivity contribution in [3.05, 3.63) is 64.6 Å². The van der Waals surface area contributed by atoms with Gasteiger partial charge in [0, 0.05) is 31.2 Å². The van der Waals surface area contributed by atoms with Crippen LogP contribution in [0.3, 0.4) is 0 Å². The molecule has 0 aliphatic carbocycles. The summed E-state index contributed by atoms with van der Waals surface area (Å²) in [6.07, 6.45) is 5.66. The number of H-pyrrole nitrogens is 1. The van der Waals surface area contributed by atoms with Gasteiger partial charge in [0.25, 0.3) is 5.69 Å². The number of nitro groups is 1. The van der Waals surface area contributed by atoms with E-state index in [1.165, 1.54) is 6.07 Å². The maximum atomic E-state index is 10.9. The van der Waals surface area contributed by atoms with Crippen molar-refractivity contribution in [3.63, 3.8) is 0 Å². The highest BCUT2D eigenvalue weighted by Crippen LogP contribution is 2.26. The average molecular weight is 241 g/mol. The van der Waals surface area contributed by atoms with Gasteiger partial charge >= 0.3 is 0 Å². The van der Waals surface area contributed by atoms with Gasteiger partial charge in [-0.3, -0.25) is 10.1 Å². The highest BCUT2D eigenvalue weighted by atomic mass is 16.6. The summed E-state index contributed by atoms with van der Waals surface area (Å²) in [4.78, 5) is 13.6. The topological polar surface area (TPSA) is 63.9 Å². The molecule has 0 aliphatic rings. The minimum atomic E-state index is -0.344. The second-order valence-electron chi connectivity index (χ2n) is 4.13. The molecule has 0 saturated heterocycles. The van der Waals surface area contributed by atoms with Gasteiger partial charge in [0.05, 0.1) is 15.8 Å². The number of hydrogen-bond donors (Lipinski definition) is 1. The molecule has 0 aliphatic heterocycles. The van der Waals surface area contributed by atoms with Crippen LogP contribution in [0, 0.1) is 10.1 Å². The predicted octanol–water partition coefficient (Wildman–Crippen LogP) is 2.93. The maximum Gasteiger partial charge on any atom is 0.278 e. The van der Waals surface area contributed by atoms with Gasteiger partial charge in [0.15, 0.2) is 0 Å². The lowest BCUT2D eigenvalue weighted by atomic mass is 10.2. The Kier molecular flexibility index (Phi) is 2.37. The van der Waals surface area contributed by atoms with E-state index >= 15 is 0 Å². The number of non-ortho nitro benzene ring substituents is 1. The van der Waals surface area contributed by atoms with Crippen LogP contribution in [0.4, 0.5) is 5.69 Å². The van der Waals surface area contributed by atoms with E-state index in [1.54, 1.807) is 12.1 Å². The molecule has 0 amide bonds. The highest BCUT2D eigenvalue weighted by molar-refractivity contribution is 5.89. The van der Waals surface area contributed by atoms with Gasteiger partial charge in [-0.05, 0) is 23.8 Å². The molecule has 90 valence electrons. The number of rotatable bonds is 3. The van der Waals surface area contributed by atoms with Crippen molar-refractivity contribution in [2.45, 2.75) is 6.54 Å². The third-order valence-electron chi connectivity index (χ3n) is 3.00. The van der Waals surface area contributed by atoms with E-state index in [2.05, 4.69) is 4.98 Å². The van der Waals surface area contributed by atoms with Crippen LogP contribution in [0.15, 0.2) is 48.9 Å². The normalized spacial score (nSPS) is 10.9. The summed E-state index contributed by atoms with van der Waals surface area (Å²) in [5.74, 6) is 0. The third kappa shape index (κ3) is 1.66. The first kappa shape index (κ1) is 10.6. The number of nitrogens with zero attached hydrogens (tertiary/aromatic N) is 2. The molecule has 0 unspecified atom stereocenters. The first-order chi connectivity index (χ1) is 8.75. The summed E-state index contributed by atoms with van der Waals surface area (Å²) in [7, 11) is 0. The van der Waals surface area contributed by atoms with Crippen molar-refractivity contribution < 1.29 is 4.92 Å². The molecule has 0 bridgehead atoms. The first-order valence-electron chi connectivity index (χ1n) is 5.59. The Hall–Kier alpha value is -2.56. The molecule has 0 spiro atoms. The third-order valence-corrected chi connectivity index (χ3v) is 3.00. The molecular weight excluding hydrogens is 230 g/mol. The number of benzene rings is 1. The second kappa shape index (κ2) is 4.03. The van der Waals surface area contributed by atoms with E-state index in [9.17, 15) is 10.1 Å². The molecule has 0 radical (unpaired) electrons. The summed E-state index contributed by atoms with van der Waals surface area (Å²) in [5, 5.41) is 11.6. The summed E-state index contributed by atoms with van der Waals surface area (Å²) < 4.78 is 2.01. The fourth-order valence-electron chi connectivity index (χ4n) is 2.16. The van der Waals surface area contributed by atoms with Crippen molar-refractivity contribution in [2.24, 2.45) is 0 Å². The molecule has 2 aromatic heterocycles. The van der Waals surface area contributed by atoms with E-state index < -0.39 is 0 Å². The molecule has 0 atom stereocenters. The van der Waals surface area contributed by atoms with E-state index in [-0.39, 0.29) is 10.6 Å². The fraction of sp³-hybridized carbons (Fsp3) is 0.0769. The highest BCUT2D eigenvalue weighted by Gasteiger charge is 2.13. The molecule has 5 heteroatoms. The average Bonchev–Trinajstić information content (AvgIpc) is 2.99. The molecule has 2 heterocycles. The van der Waals surface area contributed by atoms with Crippen molar-refractivity contribution >= 4 is 16.6 Å². The van der Waals surface area contributed by atoms with Crippen LogP contribution >= 0.6 is 0 Å². The van der Waals surface area contributed by atoms with Crippen molar-refractivity contribution in [2.75, 3.05) is 0 Å². The number of nitrogens with one attached hydrogen (secondary N) is 1. The quantitative estimate of drug-likeness (QED) is 0.566. The summed E-state index contributed by atoms with van der Waals surface area (Å²) in [6, 6.07) is 8.93. The monoisotopic (exact) mass is 241 g/mol. The molecule has 0 fully saturated rings. The summed E-state index contributed by atoms with van der Waals surface area (Å²) >= 11 is 0. The van der Waals surface area contributed by atoms with Gasteiger partial charge in [-0.1, -0.05) is 6.07 Å². The van der Waals surface area contributed by atoms with Crippen LogP contribution < -0.4 is 0 Å². The van der Waals surface area contributed by atoms with Crippen LogP contribution in [-0.4, -0.2) is 14.5 Å². The number of hydrogen-bond acceptors (Lipinski definition) is 2. The molecule has 1 aromatic carbocycles. The van der Waals surface area contributed by atoms with Crippen LogP contribution in [0.5, 0.6) is 0 Å². The van der Waals surface area contributed by atoms with Gasteiger partial charge in [-0.2, -0.15) is 0 Å². The second-order valence-corrected chi connectivity index (χ2v) is 4.13. The van der Waals surface area contributed by atoms with Gasteiger partial charge < -0.3 is 9.55 Å². The Morgan fingerprint density at radius 3 is 2.89 bits per heavy atom. The van der Waals surface area contributed by atoms with Crippen molar-refractivity contribution in [3.8, 4) is 0 Å². The Bertz CT molecular complexity index is 698. The molecule has 0 saturated carbocycles. The van der Waals surface area contributed by atoms with Crippen molar-refractivity contribution in [1.82, 2.24) is 9.55 Å². The van der Waals surface area contributed by atoms with E-state index in [0.717, 1.165) is 11.1 Å². The summed E-state index contributed by atoms with van der Waals surface area (Å²) in [5.41, 5.74) is 2.17. The van der Waals surface area contributed by atoms with Crippen LogP contribution in [0.25, 0.3) is 10.9 Å². The number of fused-ring (bicyclic) bond motifs is 1. The zero-order chi connectivity index (χ0) is 12.5. The lowest BCUT2D eigenvalue weighted by Gasteiger charge is -2.03.